The highest BCUT2D eigenvalue weighted by Gasteiger charge is 2.20. The molecule has 0 aliphatic rings. The summed E-state index contributed by atoms with van der Waals surface area (Å²) in [5.41, 5.74) is 8.35. The molecule has 0 heterocycles. The van der Waals surface area contributed by atoms with Gasteiger partial charge in [-0.1, -0.05) is 24.3 Å². The lowest BCUT2D eigenvalue weighted by molar-refractivity contribution is -0.134. The van der Waals surface area contributed by atoms with Gasteiger partial charge in [-0.15, -0.1) is 0 Å². The summed E-state index contributed by atoms with van der Waals surface area (Å²) in [5, 5.41) is 0. The average Bonchev–Trinajstić information content (AvgIpc) is 2.31. The summed E-state index contributed by atoms with van der Waals surface area (Å²) in [6, 6.07) is 8.32. The highest BCUT2D eigenvalue weighted by atomic mass is 16.7. The average molecular weight is 223 g/mol. The Labute approximate surface area is 97.6 Å². The van der Waals surface area contributed by atoms with E-state index in [1.54, 1.807) is 14.2 Å². The summed E-state index contributed by atoms with van der Waals surface area (Å²) in [4.78, 5) is 0. The molecule has 0 aromatic heterocycles. The van der Waals surface area contributed by atoms with Gasteiger partial charge in [0, 0.05) is 26.7 Å². The van der Waals surface area contributed by atoms with Crippen molar-refractivity contribution in [3.63, 3.8) is 0 Å². The van der Waals surface area contributed by atoms with E-state index in [0.717, 1.165) is 6.42 Å². The number of nitrogens with two attached hydrogens (primary N) is 1. The van der Waals surface area contributed by atoms with Crippen molar-refractivity contribution in [3.8, 4) is 0 Å². The normalized spacial score (nSPS) is 13.1. The molecule has 0 saturated carbocycles. The highest BCUT2D eigenvalue weighted by molar-refractivity contribution is 5.26. The van der Waals surface area contributed by atoms with E-state index < -0.39 is 0 Å². The van der Waals surface area contributed by atoms with E-state index in [1.165, 1.54) is 11.1 Å². The molecule has 0 radical (unpaired) electrons. The van der Waals surface area contributed by atoms with Gasteiger partial charge in [0.1, 0.15) is 0 Å². The Morgan fingerprint density at radius 2 is 1.81 bits per heavy atom. The summed E-state index contributed by atoms with van der Waals surface area (Å²) in [6.45, 7) is 2.66. The van der Waals surface area contributed by atoms with Crippen molar-refractivity contribution in [2.45, 2.75) is 19.6 Å². The number of methoxy groups -OCH3 is 2. The molecule has 1 unspecified atom stereocenters. The molecule has 16 heavy (non-hydrogen) atoms. The Hall–Kier alpha value is -0.900. The summed E-state index contributed by atoms with van der Waals surface area (Å²) in [7, 11) is 3.29. The number of ether oxygens (including phenoxy) is 2. The van der Waals surface area contributed by atoms with Gasteiger partial charge in [-0.3, -0.25) is 0 Å². The molecule has 1 aromatic rings. The number of rotatable bonds is 6. The van der Waals surface area contributed by atoms with Gasteiger partial charge in [0.15, 0.2) is 6.29 Å². The van der Waals surface area contributed by atoms with Crippen LogP contribution in [0.3, 0.4) is 0 Å². The van der Waals surface area contributed by atoms with E-state index in [9.17, 15) is 0 Å². The van der Waals surface area contributed by atoms with Crippen molar-refractivity contribution in [1.82, 2.24) is 0 Å². The van der Waals surface area contributed by atoms with Crippen molar-refractivity contribution in [2.24, 2.45) is 11.7 Å². The first-order chi connectivity index (χ1) is 7.72. The van der Waals surface area contributed by atoms with Crippen LogP contribution in [-0.2, 0) is 15.9 Å². The highest BCUT2D eigenvalue weighted by Crippen LogP contribution is 2.17. The molecule has 0 spiro atoms. The fourth-order valence-corrected chi connectivity index (χ4v) is 1.89. The Kier molecular flexibility index (Phi) is 5.46. The zero-order valence-corrected chi connectivity index (χ0v) is 10.3. The number of aryl methyl sites for hydroxylation is 1. The SMILES string of the molecule is COC(OC)C(CN)Cc1ccccc1C. The van der Waals surface area contributed by atoms with E-state index in [2.05, 4.69) is 19.1 Å². The van der Waals surface area contributed by atoms with Crippen molar-refractivity contribution < 1.29 is 9.47 Å². The smallest absolute Gasteiger partial charge is 0.161 e. The van der Waals surface area contributed by atoms with Gasteiger partial charge in [0.25, 0.3) is 0 Å². The predicted molar refractivity (Wildman–Crippen MR) is 65.2 cm³/mol. The van der Waals surface area contributed by atoms with Crippen LogP contribution >= 0.6 is 0 Å². The fraction of sp³-hybridized carbons (Fsp3) is 0.538. The van der Waals surface area contributed by atoms with Gasteiger partial charge in [-0.2, -0.15) is 0 Å². The molecule has 90 valence electrons. The monoisotopic (exact) mass is 223 g/mol. The van der Waals surface area contributed by atoms with Gasteiger partial charge in [0.05, 0.1) is 0 Å². The van der Waals surface area contributed by atoms with E-state index >= 15 is 0 Å². The molecule has 1 atom stereocenters. The fourth-order valence-electron chi connectivity index (χ4n) is 1.89. The first-order valence-corrected chi connectivity index (χ1v) is 5.53. The predicted octanol–water partition coefficient (Wildman–Crippen LogP) is 1.73. The van der Waals surface area contributed by atoms with Crippen molar-refractivity contribution in [3.05, 3.63) is 35.4 Å². The van der Waals surface area contributed by atoms with Gasteiger partial charge in [-0.05, 0) is 24.5 Å². The summed E-state index contributed by atoms with van der Waals surface area (Å²) in [6.07, 6.45) is 0.653. The van der Waals surface area contributed by atoms with Crippen LogP contribution in [0.25, 0.3) is 0 Å². The molecule has 0 aliphatic carbocycles. The van der Waals surface area contributed by atoms with E-state index in [-0.39, 0.29) is 12.2 Å². The Morgan fingerprint density at radius 1 is 1.19 bits per heavy atom. The molecule has 1 rings (SSSR count). The molecule has 0 fully saturated rings. The van der Waals surface area contributed by atoms with Crippen molar-refractivity contribution in [1.29, 1.82) is 0 Å². The molecular weight excluding hydrogens is 202 g/mol. The minimum atomic E-state index is -0.232. The topological polar surface area (TPSA) is 44.5 Å². The van der Waals surface area contributed by atoms with Gasteiger partial charge >= 0.3 is 0 Å². The van der Waals surface area contributed by atoms with Crippen LogP contribution < -0.4 is 5.73 Å². The summed E-state index contributed by atoms with van der Waals surface area (Å²) < 4.78 is 10.5. The molecule has 0 amide bonds. The Bertz CT molecular complexity index is 311. The van der Waals surface area contributed by atoms with Gasteiger partial charge in [0.2, 0.25) is 0 Å². The van der Waals surface area contributed by atoms with Gasteiger partial charge in [-0.25, -0.2) is 0 Å². The first-order valence-electron chi connectivity index (χ1n) is 5.53. The Morgan fingerprint density at radius 3 is 2.31 bits per heavy atom. The lowest BCUT2D eigenvalue weighted by Crippen LogP contribution is -2.32. The van der Waals surface area contributed by atoms with Crippen LogP contribution in [0.1, 0.15) is 11.1 Å². The maximum absolute atomic E-state index is 5.76. The second-order valence-corrected chi connectivity index (χ2v) is 3.97. The van der Waals surface area contributed by atoms with Crippen molar-refractivity contribution >= 4 is 0 Å². The van der Waals surface area contributed by atoms with Crippen LogP contribution in [0.5, 0.6) is 0 Å². The van der Waals surface area contributed by atoms with E-state index in [0.29, 0.717) is 6.54 Å². The number of hydrogen-bond donors (Lipinski definition) is 1. The lowest BCUT2D eigenvalue weighted by Gasteiger charge is -2.24. The summed E-state index contributed by atoms with van der Waals surface area (Å²) >= 11 is 0. The van der Waals surface area contributed by atoms with Crippen LogP contribution in [0.4, 0.5) is 0 Å². The van der Waals surface area contributed by atoms with Crippen LogP contribution in [0, 0.1) is 12.8 Å². The summed E-state index contributed by atoms with van der Waals surface area (Å²) in [5.74, 6) is 0.191. The molecular formula is C13H21NO2. The Balaban J connectivity index is 2.73. The first kappa shape index (κ1) is 13.2. The maximum atomic E-state index is 5.76. The van der Waals surface area contributed by atoms with Gasteiger partial charge < -0.3 is 15.2 Å². The second kappa shape index (κ2) is 6.63. The molecule has 3 heteroatoms. The minimum Gasteiger partial charge on any atom is -0.356 e. The zero-order valence-electron chi connectivity index (χ0n) is 10.3. The third-order valence-electron chi connectivity index (χ3n) is 2.90. The number of benzene rings is 1. The molecule has 3 nitrogen and oxygen atoms in total. The lowest BCUT2D eigenvalue weighted by atomic mass is 9.95. The third-order valence-corrected chi connectivity index (χ3v) is 2.90. The van der Waals surface area contributed by atoms with E-state index in [1.807, 2.05) is 12.1 Å². The van der Waals surface area contributed by atoms with Crippen LogP contribution in [-0.4, -0.2) is 27.1 Å². The zero-order chi connectivity index (χ0) is 12.0. The second-order valence-electron chi connectivity index (χ2n) is 3.97. The van der Waals surface area contributed by atoms with Crippen molar-refractivity contribution in [2.75, 3.05) is 20.8 Å². The van der Waals surface area contributed by atoms with Crippen LogP contribution in [0.2, 0.25) is 0 Å². The molecule has 0 aliphatic heterocycles. The maximum Gasteiger partial charge on any atom is 0.161 e. The standard InChI is InChI=1S/C13H21NO2/c1-10-6-4-5-7-11(10)8-12(9-14)13(15-2)16-3/h4-7,12-13H,8-9,14H2,1-3H3. The molecule has 1 aromatic carbocycles. The molecule has 2 N–H and O–H groups in total. The third kappa shape index (κ3) is 3.30. The molecule has 0 bridgehead atoms. The minimum absolute atomic E-state index is 0.191. The quantitative estimate of drug-likeness (QED) is 0.747. The number of hydrogen-bond acceptors (Lipinski definition) is 3. The van der Waals surface area contributed by atoms with E-state index in [4.69, 9.17) is 15.2 Å². The molecule has 0 saturated heterocycles. The van der Waals surface area contributed by atoms with Crippen LogP contribution in [0.15, 0.2) is 24.3 Å². The largest absolute Gasteiger partial charge is 0.356 e.